The van der Waals surface area contributed by atoms with Crippen molar-refractivity contribution in [3.05, 3.63) is 84.9 Å². The maximum absolute atomic E-state index is 5.78. The second-order valence-corrected chi connectivity index (χ2v) is 5.22. The Morgan fingerprint density at radius 3 is 1.26 bits per heavy atom. The zero-order valence-corrected chi connectivity index (χ0v) is 16.4. The molecule has 0 unspecified atom stereocenters. The smallest absolute Gasteiger partial charge is 0.248 e. The first-order chi connectivity index (χ1) is 13.4. The molecule has 1 heterocycles. The van der Waals surface area contributed by atoms with Crippen LogP contribution in [-0.4, -0.2) is 10.2 Å². The molecule has 3 nitrogen and oxygen atoms in total. The maximum Gasteiger partial charge on any atom is 0.248 e. The van der Waals surface area contributed by atoms with Gasteiger partial charge in [0.25, 0.3) is 0 Å². The van der Waals surface area contributed by atoms with E-state index in [2.05, 4.69) is 34.5 Å². The zero-order valence-electron chi connectivity index (χ0n) is 16.4. The highest BCUT2D eigenvalue weighted by atomic mass is 16.4. The summed E-state index contributed by atoms with van der Waals surface area (Å²) in [6.07, 6.45) is 0. The Labute approximate surface area is 161 Å². The number of nitrogens with zero attached hydrogens (tertiary/aromatic N) is 2. The summed E-state index contributed by atoms with van der Waals surface area (Å²) < 4.78 is 5.78. The minimum absolute atomic E-state index is 0.531. The minimum atomic E-state index is 0.531. The van der Waals surface area contributed by atoms with E-state index in [-0.39, 0.29) is 0 Å². The van der Waals surface area contributed by atoms with Gasteiger partial charge in [-0.2, -0.15) is 0 Å². The van der Waals surface area contributed by atoms with Gasteiger partial charge in [0, 0.05) is 11.1 Å². The molecule has 0 radical (unpaired) electrons. The van der Waals surface area contributed by atoms with Crippen molar-refractivity contribution in [1.82, 2.24) is 10.2 Å². The van der Waals surface area contributed by atoms with Crippen molar-refractivity contribution in [2.24, 2.45) is 0 Å². The largest absolute Gasteiger partial charge is 0.416 e. The van der Waals surface area contributed by atoms with Crippen LogP contribution in [0, 0.1) is 0 Å². The van der Waals surface area contributed by atoms with Crippen LogP contribution in [-0.2, 0) is 0 Å². The van der Waals surface area contributed by atoms with Crippen LogP contribution in [0.1, 0.15) is 27.7 Å². The van der Waals surface area contributed by atoms with Crippen molar-refractivity contribution in [2.75, 3.05) is 0 Å². The average molecular weight is 358 g/mol. The van der Waals surface area contributed by atoms with Gasteiger partial charge >= 0.3 is 0 Å². The van der Waals surface area contributed by atoms with Crippen LogP contribution in [0.3, 0.4) is 0 Å². The van der Waals surface area contributed by atoms with E-state index in [1.54, 1.807) is 0 Å². The second kappa shape index (κ2) is 10.7. The molecule has 0 atom stereocenters. The van der Waals surface area contributed by atoms with Crippen molar-refractivity contribution in [2.45, 2.75) is 27.7 Å². The maximum atomic E-state index is 5.78. The van der Waals surface area contributed by atoms with Gasteiger partial charge in [-0.05, 0) is 35.4 Å². The van der Waals surface area contributed by atoms with Gasteiger partial charge in [0.2, 0.25) is 11.8 Å². The Morgan fingerprint density at radius 2 is 0.778 bits per heavy atom. The first kappa shape index (κ1) is 20.1. The minimum Gasteiger partial charge on any atom is -0.416 e. The van der Waals surface area contributed by atoms with Gasteiger partial charge < -0.3 is 4.42 Å². The monoisotopic (exact) mass is 358 g/mol. The molecular formula is C24H26N2O. The van der Waals surface area contributed by atoms with E-state index < -0.39 is 0 Å². The number of rotatable bonds is 3. The molecule has 138 valence electrons. The highest BCUT2D eigenvalue weighted by Gasteiger charge is 2.10. The molecule has 0 saturated carbocycles. The Kier molecular flexibility index (Phi) is 7.98. The SMILES string of the molecule is CC.CC.c1ccc(-c2ccc(-c3nnc(-c4ccccc4)o3)cc2)cc1. The predicted octanol–water partition coefficient (Wildman–Crippen LogP) is 7.12. The Bertz CT molecular complexity index is 898. The fraction of sp³-hybridized carbons (Fsp3) is 0.167. The molecule has 0 fully saturated rings. The van der Waals surface area contributed by atoms with E-state index in [0.29, 0.717) is 11.8 Å². The van der Waals surface area contributed by atoms with E-state index in [0.717, 1.165) is 16.7 Å². The van der Waals surface area contributed by atoms with Gasteiger partial charge in [-0.15, -0.1) is 10.2 Å². The zero-order chi connectivity index (χ0) is 19.5. The highest BCUT2D eigenvalue weighted by Crippen LogP contribution is 2.26. The molecule has 0 N–H and O–H groups in total. The van der Waals surface area contributed by atoms with E-state index in [9.17, 15) is 0 Å². The van der Waals surface area contributed by atoms with E-state index in [1.165, 1.54) is 5.56 Å². The third kappa shape index (κ3) is 5.14. The topological polar surface area (TPSA) is 38.9 Å². The van der Waals surface area contributed by atoms with Crippen LogP contribution < -0.4 is 0 Å². The summed E-state index contributed by atoms with van der Waals surface area (Å²) in [6.45, 7) is 8.00. The summed E-state index contributed by atoms with van der Waals surface area (Å²) in [4.78, 5) is 0. The lowest BCUT2D eigenvalue weighted by atomic mass is 10.0. The molecule has 3 aromatic carbocycles. The molecule has 4 aromatic rings. The van der Waals surface area contributed by atoms with Crippen molar-refractivity contribution in [3.8, 4) is 34.0 Å². The Morgan fingerprint density at radius 1 is 0.444 bits per heavy atom. The normalized spacial score (nSPS) is 9.48. The molecule has 0 aliphatic rings. The van der Waals surface area contributed by atoms with Gasteiger partial charge in [-0.25, -0.2) is 0 Å². The van der Waals surface area contributed by atoms with Crippen LogP contribution in [0.2, 0.25) is 0 Å². The fourth-order valence-corrected chi connectivity index (χ4v) is 2.47. The average Bonchev–Trinajstić information content (AvgIpc) is 3.28. The van der Waals surface area contributed by atoms with Gasteiger partial charge in [-0.1, -0.05) is 88.4 Å². The summed E-state index contributed by atoms with van der Waals surface area (Å²) in [5.41, 5.74) is 4.19. The van der Waals surface area contributed by atoms with Crippen molar-refractivity contribution >= 4 is 0 Å². The molecule has 0 amide bonds. The summed E-state index contributed by atoms with van der Waals surface area (Å²) in [5.74, 6) is 1.07. The standard InChI is InChI=1S/C20H14N2O.2C2H6/c1-3-7-15(8-4-1)16-11-13-18(14-12-16)20-22-21-19(23-20)17-9-5-2-6-10-17;2*1-2/h1-14H;2*1-2H3. The molecule has 1 aromatic heterocycles. The van der Waals surface area contributed by atoms with Gasteiger partial charge in [0.15, 0.2) is 0 Å². The van der Waals surface area contributed by atoms with Crippen LogP contribution in [0.15, 0.2) is 89.3 Å². The Hall–Kier alpha value is -3.20. The number of hydrogen-bond donors (Lipinski definition) is 0. The van der Waals surface area contributed by atoms with Gasteiger partial charge in [0.05, 0.1) is 0 Å². The second-order valence-electron chi connectivity index (χ2n) is 5.22. The molecule has 27 heavy (non-hydrogen) atoms. The van der Waals surface area contributed by atoms with Crippen LogP contribution in [0.4, 0.5) is 0 Å². The quantitative estimate of drug-likeness (QED) is 0.391. The molecule has 0 spiro atoms. The lowest BCUT2D eigenvalue weighted by molar-refractivity contribution is 0.584. The number of benzene rings is 3. The molecule has 0 bridgehead atoms. The molecule has 0 aliphatic carbocycles. The molecule has 4 rings (SSSR count). The summed E-state index contributed by atoms with van der Waals surface area (Å²) in [5, 5.41) is 8.28. The van der Waals surface area contributed by atoms with Crippen LogP contribution in [0.5, 0.6) is 0 Å². The van der Waals surface area contributed by atoms with E-state index in [1.807, 2.05) is 88.4 Å². The lowest BCUT2D eigenvalue weighted by Gasteiger charge is -2.02. The van der Waals surface area contributed by atoms with Gasteiger partial charge in [-0.3, -0.25) is 0 Å². The summed E-state index contributed by atoms with van der Waals surface area (Å²) in [6, 6.07) is 28.2. The number of aromatic nitrogens is 2. The van der Waals surface area contributed by atoms with E-state index in [4.69, 9.17) is 4.42 Å². The first-order valence-electron chi connectivity index (χ1n) is 9.45. The van der Waals surface area contributed by atoms with Crippen molar-refractivity contribution in [3.63, 3.8) is 0 Å². The lowest BCUT2D eigenvalue weighted by Crippen LogP contribution is -1.80. The summed E-state index contributed by atoms with van der Waals surface area (Å²) in [7, 11) is 0. The van der Waals surface area contributed by atoms with Crippen LogP contribution in [0.25, 0.3) is 34.0 Å². The fourth-order valence-electron chi connectivity index (χ4n) is 2.47. The molecular weight excluding hydrogens is 332 g/mol. The molecule has 0 saturated heterocycles. The Balaban J connectivity index is 0.000000614. The van der Waals surface area contributed by atoms with Gasteiger partial charge in [0.1, 0.15) is 0 Å². The van der Waals surface area contributed by atoms with Crippen molar-refractivity contribution in [1.29, 1.82) is 0 Å². The molecule has 3 heteroatoms. The van der Waals surface area contributed by atoms with Crippen molar-refractivity contribution < 1.29 is 4.42 Å². The third-order valence-corrected chi connectivity index (χ3v) is 3.68. The molecule has 0 aliphatic heterocycles. The number of hydrogen-bond acceptors (Lipinski definition) is 3. The highest BCUT2D eigenvalue weighted by molar-refractivity contribution is 5.67. The predicted molar refractivity (Wildman–Crippen MR) is 113 cm³/mol. The third-order valence-electron chi connectivity index (χ3n) is 3.68. The first-order valence-corrected chi connectivity index (χ1v) is 9.45. The van der Waals surface area contributed by atoms with Crippen LogP contribution >= 0.6 is 0 Å². The van der Waals surface area contributed by atoms with E-state index >= 15 is 0 Å². The summed E-state index contributed by atoms with van der Waals surface area (Å²) >= 11 is 0.